The van der Waals surface area contributed by atoms with Crippen LogP contribution in [0.2, 0.25) is 0 Å². The molecule has 0 aliphatic rings. The SMILES string of the molecule is O=NCc1ccc(OCCCc2cnc[nH]2)cc1. The topological polar surface area (TPSA) is 67.3 Å². The molecule has 0 spiro atoms. The van der Waals surface area contributed by atoms with E-state index >= 15 is 0 Å². The molecule has 5 heteroatoms. The summed E-state index contributed by atoms with van der Waals surface area (Å²) in [6, 6.07) is 7.42. The minimum atomic E-state index is 0.208. The van der Waals surface area contributed by atoms with Crippen molar-refractivity contribution < 1.29 is 4.74 Å². The third-order valence-corrected chi connectivity index (χ3v) is 2.58. The molecule has 0 saturated heterocycles. The maximum Gasteiger partial charge on any atom is 0.119 e. The normalized spacial score (nSPS) is 10.2. The molecule has 0 unspecified atom stereocenters. The van der Waals surface area contributed by atoms with E-state index in [0.29, 0.717) is 6.61 Å². The van der Waals surface area contributed by atoms with Crippen molar-refractivity contribution in [2.45, 2.75) is 19.4 Å². The van der Waals surface area contributed by atoms with E-state index in [4.69, 9.17) is 4.74 Å². The van der Waals surface area contributed by atoms with E-state index in [0.717, 1.165) is 29.8 Å². The highest BCUT2D eigenvalue weighted by atomic mass is 16.5. The lowest BCUT2D eigenvalue weighted by Crippen LogP contribution is -1.99. The van der Waals surface area contributed by atoms with Gasteiger partial charge in [-0.3, -0.25) is 0 Å². The number of nitrogens with zero attached hydrogens (tertiary/aromatic N) is 2. The molecule has 2 aromatic rings. The molecule has 0 amide bonds. The second-order valence-electron chi connectivity index (χ2n) is 3.96. The van der Waals surface area contributed by atoms with Gasteiger partial charge in [0.05, 0.1) is 12.9 Å². The lowest BCUT2D eigenvalue weighted by atomic mass is 10.2. The van der Waals surface area contributed by atoms with E-state index in [1.807, 2.05) is 30.5 Å². The number of hydrogen-bond donors (Lipinski definition) is 1. The zero-order valence-corrected chi connectivity index (χ0v) is 10.0. The molecule has 2 rings (SSSR count). The molecule has 1 aromatic carbocycles. The van der Waals surface area contributed by atoms with Gasteiger partial charge in [-0.2, -0.15) is 4.91 Å². The van der Waals surface area contributed by atoms with Gasteiger partial charge in [0.2, 0.25) is 0 Å². The monoisotopic (exact) mass is 245 g/mol. The zero-order chi connectivity index (χ0) is 12.6. The van der Waals surface area contributed by atoms with Gasteiger partial charge >= 0.3 is 0 Å². The number of nitrogens with one attached hydrogen (secondary N) is 1. The predicted octanol–water partition coefficient (Wildman–Crippen LogP) is 2.69. The van der Waals surface area contributed by atoms with Gasteiger partial charge in [-0.1, -0.05) is 17.3 Å². The molecule has 1 N–H and O–H groups in total. The minimum Gasteiger partial charge on any atom is -0.494 e. The van der Waals surface area contributed by atoms with Crippen molar-refractivity contribution in [1.29, 1.82) is 0 Å². The van der Waals surface area contributed by atoms with E-state index in [-0.39, 0.29) is 6.54 Å². The van der Waals surface area contributed by atoms with Gasteiger partial charge in [0, 0.05) is 11.9 Å². The first-order valence-electron chi connectivity index (χ1n) is 5.86. The second-order valence-corrected chi connectivity index (χ2v) is 3.96. The number of aromatic amines is 1. The summed E-state index contributed by atoms with van der Waals surface area (Å²) in [7, 11) is 0. The summed E-state index contributed by atoms with van der Waals surface area (Å²) < 4.78 is 5.59. The van der Waals surface area contributed by atoms with Gasteiger partial charge in [0.25, 0.3) is 0 Å². The molecular formula is C13H15N3O2. The summed E-state index contributed by atoms with van der Waals surface area (Å²) in [4.78, 5) is 17.1. The Bertz CT molecular complexity index is 465. The fourth-order valence-electron chi connectivity index (χ4n) is 1.64. The van der Waals surface area contributed by atoms with Crippen LogP contribution in [-0.2, 0) is 13.0 Å². The number of aryl methyl sites for hydroxylation is 1. The highest BCUT2D eigenvalue weighted by molar-refractivity contribution is 5.27. The van der Waals surface area contributed by atoms with E-state index in [1.54, 1.807) is 6.33 Å². The molecule has 18 heavy (non-hydrogen) atoms. The number of H-pyrrole nitrogens is 1. The third-order valence-electron chi connectivity index (χ3n) is 2.58. The lowest BCUT2D eigenvalue weighted by Gasteiger charge is -2.05. The molecule has 0 aliphatic carbocycles. The van der Waals surface area contributed by atoms with Crippen LogP contribution >= 0.6 is 0 Å². The second kappa shape index (κ2) is 6.54. The summed E-state index contributed by atoms with van der Waals surface area (Å²) in [5.74, 6) is 0.814. The Kier molecular flexibility index (Phi) is 4.46. The fraction of sp³-hybridized carbons (Fsp3) is 0.308. The van der Waals surface area contributed by atoms with Crippen molar-refractivity contribution in [2.75, 3.05) is 6.61 Å². The maximum absolute atomic E-state index is 10.1. The molecule has 0 radical (unpaired) electrons. The van der Waals surface area contributed by atoms with Gasteiger partial charge in [0.1, 0.15) is 12.3 Å². The smallest absolute Gasteiger partial charge is 0.119 e. The van der Waals surface area contributed by atoms with Gasteiger partial charge in [-0.05, 0) is 30.5 Å². The zero-order valence-electron chi connectivity index (χ0n) is 10.0. The van der Waals surface area contributed by atoms with Crippen LogP contribution in [0.25, 0.3) is 0 Å². The Labute approximate surface area is 105 Å². The lowest BCUT2D eigenvalue weighted by molar-refractivity contribution is 0.310. The van der Waals surface area contributed by atoms with Crippen molar-refractivity contribution in [3.05, 3.63) is 53.0 Å². The first-order chi connectivity index (χ1) is 8.88. The van der Waals surface area contributed by atoms with Crippen molar-refractivity contribution in [3.63, 3.8) is 0 Å². The average Bonchev–Trinajstić information content (AvgIpc) is 2.90. The standard InChI is InChI=1S/C13H15N3O2/c17-16-8-11-3-5-13(6-4-11)18-7-1-2-12-9-14-10-15-12/h3-6,9-10H,1-2,7-8H2,(H,14,15). The molecule has 1 aromatic heterocycles. The van der Waals surface area contributed by atoms with E-state index < -0.39 is 0 Å². The van der Waals surface area contributed by atoms with Gasteiger partial charge < -0.3 is 9.72 Å². The summed E-state index contributed by atoms with van der Waals surface area (Å²) in [6.07, 6.45) is 5.35. The Balaban J connectivity index is 1.71. The molecule has 0 fully saturated rings. The average molecular weight is 245 g/mol. The number of ether oxygens (including phenoxy) is 1. The minimum absolute atomic E-state index is 0.208. The molecule has 0 aliphatic heterocycles. The molecular weight excluding hydrogens is 230 g/mol. The highest BCUT2D eigenvalue weighted by Gasteiger charge is 1.97. The van der Waals surface area contributed by atoms with Crippen molar-refractivity contribution >= 4 is 0 Å². The number of benzene rings is 1. The molecule has 0 atom stereocenters. The maximum atomic E-state index is 10.1. The van der Waals surface area contributed by atoms with E-state index in [2.05, 4.69) is 15.1 Å². The Morgan fingerprint density at radius 2 is 2.11 bits per heavy atom. The number of rotatable bonds is 7. The molecule has 0 saturated carbocycles. The quantitative estimate of drug-likeness (QED) is 0.602. The molecule has 94 valence electrons. The summed E-state index contributed by atoms with van der Waals surface area (Å²) in [5.41, 5.74) is 2.01. The van der Waals surface area contributed by atoms with Crippen LogP contribution in [0.3, 0.4) is 0 Å². The van der Waals surface area contributed by atoms with E-state index in [1.165, 1.54) is 0 Å². The van der Waals surface area contributed by atoms with Crippen molar-refractivity contribution in [2.24, 2.45) is 5.18 Å². The van der Waals surface area contributed by atoms with Gasteiger partial charge in [-0.25, -0.2) is 4.98 Å². The first kappa shape index (κ1) is 12.3. The predicted molar refractivity (Wildman–Crippen MR) is 68.3 cm³/mol. The van der Waals surface area contributed by atoms with Crippen LogP contribution in [0, 0.1) is 4.91 Å². The van der Waals surface area contributed by atoms with Crippen molar-refractivity contribution in [1.82, 2.24) is 9.97 Å². The first-order valence-corrected chi connectivity index (χ1v) is 5.86. The fourth-order valence-corrected chi connectivity index (χ4v) is 1.64. The van der Waals surface area contributed by atoms with Crippen LogP contribution in [0.15, 0.2) is 42.0 Å². The number of nitroso groups, excluding NO2 is 1. The van der Waals surface area contributed by atoms with Crippen LogP contribution < -0.4 is 4.74 Å². The Hall–Kier alpha value is -2.17. The number of hydrogen-bond acceptors (Lipinski definition) is 4. The van der Waals surface area contributed by atoms with E-state index in [9.17, 15) is 4.91 Å². The van der Waals surface area contributed by atoms with Crippen LogP contribution in [-0.4, -0.2) is 16.6 Å². The molecule has 0 bridgehead atoms. The highest BCUT2D eigenvalue weighted by Crippen LogP contribution is 2.13. The van der Waals surface area contributed by atoms with Crippen molar-refractivity contribution in [3.8, 4) is 5.75 Å². The number of imidazole rings is 1. The van der Waals surface area contributed by atoms with Crippen LogP contribution in [0.1, 0.15) is 17.7 Å². The Morgan fingerprint density at radius 1 is 1.28 bits per heavy atom. The molecule has 1 heterocycles. The summed E-state index contributed by atoms with van der Waals surface area (Å²) in [5, 5.41) is 2.84. The summed E-state index contributed by atoms with van der Waals surface area (Å²) in [6.45, 7) is 0.865. The Morgan fingerprint density at radius 3 is 2.78 bits per heavy atom. The molecule has 5 nitrogen and oxygen atoms in total. The van der Waals surface area contributed by atoms with Crippen LogP contribution in [0.5, 0.6) is 5.75 Å². The van der Waals surface area contributed by atoms with Gasteiger partial charge in [0.15, 0.2) is 0 Å². The third kappa shape index (κ3) is 3.69. The van der Waals surface area contributed by atoms with Crippen LogP contribution in [0.4, 0.5) is 0 Å². The van der Waals surface area contributed by atoms with Gasteiger partial charge in [-0.15, -0.1) is 0 Å². The summed E-state index contributed by atoms with van der Waals surface area (Å²) >= 11 is 0. The number of aromatic nitrogens is 2. The largest absolute Gasteiger partial charge is 0.494 e.